The van der Waals surface area contributed by atoms with Crippen LogP contribution in [0.3, 0.4) is 0 Å². The number of fused-ring (bicyclic) bond motifs is 1. The third kappa shape index (κ3) is 2.33. The van der Waals surface area contributed by atoms with Gasteiger partial charge in [0.05, 0.1) is 18.1 Å². The van der Waals surface area contributed by atoms with Crippen LogP contribution in [0.15, 0.2) is 28.5 Å². The smallest absolute Gasteiger partial charge is 0.200 e. The first-order valence-electron chi connectivity index (χ1n) is 6.44. The Bertz CT molecular complexity index is 628. The summed E-state index contributed by atoms with van der Waals surface area (Å²) in [4.78, 5) is 2.70. The van der Waals surface area contributed by atoms with Gasteiger partial charge < -0.3 is 4.74 Å². The molecule has 1 saturated heterocycles. The third-order valence-corrected chi connectivity index (χ3v) is 5.21. The zero-order valence-corrected chi connectivity index (χ0v) is 11.7. The Morgan fingerprint density at radius 2 is 2.00 bits per heavy atom. The van der Waals surface area contributed by atoms with Crippen molar-refractivity contribution in [3.8, 4) is 0 Å². The van der Waals surface area contributed by atoms with Gasteiger partial charge in [-0.1, -0.05) is 12.1 Å². The molecule has 2 heterocycles. The second-order valence-electron chi connectivity index (χ2n) is 5.02. The SMILES string of the molecule is Cc1cccc2c1C(CN1CCOCC1)=CS2(=O)=O. The van der Waals surface area contributed by atoms with Crippen LogP contribution in [0, 0.1) is 6.92 Å². The molecule has 2 aliphatic heterocycles. The Hall–Kier alpha value is -1.17. The molecule has 0 aliphatic carbocycles. The molecule has 0 unspecified atom stereocenters. The lowest BCUT2D eigenvalue weighted by molar-refractivity contribution is 0.0444. The van der Waals surface area contributed by atoms with Crippen LogP contribution in [0.4, 0.5) is 0 Å². The minimum Gasteiger partial charge on any atom is -0.379 e. The number of rotatable bonds is 2. The van der Waals surface area contributed by atoms with Crippen molar-refractivity contribution in [1.82, 2.24) is 4.90 Å². The minimum absolute atomic E-state index is 0.454. The van der Waals surface area contributed by atoms with Crippen molar-refractivity contribution in [1.29, 1.82) is 0 Å². The van der Waals surface area contributed by atoms with Gasteiger partial charge in [0.25, 0.3) is 0 Å². The largest absolute Gasteiger partial charge is 0.379 e. The highest BCUT2D eigenvalue weighted by molar-refractivity contribution is 7.95. The number of hydrogen-bond donors (Lipinski definition) is 0. The van der Waals surface area contributed by atoms with Crippen LogP contribution in [0.25, 0.3) is 5.57 Å². The molecule has 0 amide bonds. The summed E-state index contributed by atoms with van der Waals surface area (Å²) in [5.41, 5.74) is 2.84. The van der Waals surface area contributed by atoms with E-state index in [1.54, 1.807) is 12.1 Å². The molecule has 0 atom stereocenters. The molecule has 19 heavy (non-hydrogen) atoms. The average molecular weight is 279 g/mol. The molecule has 1 aromatic carbocycles. The Balaban J connectivity index is 1.95. The highest BCUT2D eigenvalue weighted by atomic mass is 32.2. The lowest BCUT2D eigenvalue weighted by atomic mass is 10.0. The Morgan fingerprint density at radius 3 is 2.74 bits per heavy atom. The summed E-state index contributed by atoms with van der Waals surface area (Å²) in [6.07, 6.45) is 0. The van der Waals surface area contributed by atoms with Crippen LogP contribution in [0.5, 0.6) is 0 Å². The van der Waals surface area contributed by atoms with Gasteiger partial charge in [-0.15, -0.1) is 0 Å². The molecule has 0 saturated carbocycles. The third-order valence-electron chi connectivity index (χ3n) is 3.66. The zero-order chi connectivity index (χ0) is 13.5. The molecule has 0 radical (unpaired) electrons. The van der Waals surface area contributed by atoms with E-state index in [4.69, 9.17) is 4.74 Å². The second-order valence-corrected chi connectivity index (χ2v) is 6.79. The van der Waals surface area contributed by atoms with E-state index in [2.05, 4.69) is 4.90 Å². The molecule has 0 bridgehead atoms. The van der Waals surface area contributed by atoms with Crippen molar-refractivity contribution in [3.05, 3.63) is 34.7 Å². The van der Waals surface area contributed by atoms with E-state index in [9.17, 15) is 8.42 Å². The number of sulfone groups is 1. The predicted molar refractivity (Wildman–Crippen MR) is 73.6 cm³/mol. The summed E-state index contributed by atoms with van der Waals surface area (Å²) in [5.74, 6) is 0. The van der Waals surface area contributed by atoms with Gasteiger partial charge in [-0.25, -0.2) is 8.42 Å². The molecular weight excluding hydrogens is 262 g/mol. The minimum atomic E-state index is -3.25. The summed E-state index contributed by atoms with van der Waals surface area (Å²) in [7, 11) is -3.25. The fraction of sp³-hybridized carbons (Fsp3) is 0.429. The van der Waals surface area contributed by atoms with Gasteiger partial charge in [0.2, 0.25) is 9.84 Å². The van der Waals surface area contributed by atoms with Gasteiger partial charge in [0.1, 0.15) is 0 Å². The van der Waals surface area contributed by atoms with E-state index in [-0.39, 0.29) is 0 Å². The van der Waals surface area contributed by atoms with Crippen molar-refractivity contribution in [3.63, 3.8) is 0 Å². The molecule has 1 fully saturated rings. The first-order chi connectivity index (χ1) is 9.08. The normalized spacial score (nSPS) is 22.1. The average Bonchev–Trinajstić information content (AvgIpc) is 2.63. The van der Waals surface area contributed by atoms with Crippen molar-refractivity contribution < 1.29 is 13.2 Å². The van der Waals surface area contributed by atoms with E-state index in [1.807, 2.05) is 13.0 Å². The van der Waals surface area contributed by atoms with E-state index in [1.165, 1.54) is 5.41 Å². The van der Waals surface area contributed by atoms with E-state index >= 15 is 0 Å². The van der Waals surface area contributed by atoms with Gasteiger partial charge in [-0.3, -0.25) is 4.90 Å². The summed E-state index contributed by atoms with van der Waals surface area (Å²) < 4.78 is 29.6. The van der Waals surface area contributed by atoms with Crippen molar-refractivity contribution in [2.45, 2.75) is 11.8 Å². The van der Waals surface area contributed by atoms with Crippen molar-refractivity contribution >= 4 is 15.4 Å². The van der Waals surface area contributed by atoms with Crippen LogP contribution < -0.4 is 0 Å². The lowest BCUT2D eigenvalue weighted by Gasteiger charge is -2.27. The van der Waals surface area contributed by atoms with Gasteiger partial charge >= 0.3 is 0 Å². The van der Waals surface area contributed by atoms with Crippen LogP contribution in [0.2, 0.25) is 0 Å². The second kappa shape index (κ2) is 4.74. The zero-order valence-electron chi connectivity index (χ0n) is 10.9. The van der Waals surface area contributed by atoms with E-state index < -0.39 is 9.84 Å². The topological polar surface area (TPSA) is 46.6 Å². The van der Waals surface area contributed by atoms with Crippen LogP contribution in [-0.2, 0) is 14.6 Å². The number of aryl methyl sites for hydroxylation is 1. The maximum atomic E-state index is 12.1. The number of ether oxygens (including phenoxy) is 1. The molecule has 2 aliphatic rings. The molecular formula is C14H17NO3S. The molecule has 0 N–H and O–H groups in total. The highest BCUT2D eigenvalue weighted by Crippen LogP contribution is 2.35. The molecule has 5 heteroatoms. The maximum Gasteiger partial charge on any atom is 0.200 e. The number of nitrogens with zero attached hydrogens (tertiary/aromatic N) is 1. The monoisotopic (exact) mass is 279 g/mol. The molecule has 102 valence electrons. The highest BCUT2D eigenvalue weighted by Gasteiger charge is 2.29. The standard InChI is InChI=1S/C14H17NO3S/c1-11-3-2-4-13-14(11)12(10-19(13,16)17)9-15-5-7-18-8-6-15/h2-4,10H,5-9H2,1H3. The number of hydrogen-bond acceptors (Lipinski definition) is 4. The molecule has 0 spiro atoms. The van der Waals surface area contributed by atoms with E-state index in [0.717, 1.165) is 43.0 Å². The Labute approximate surface area is 113 Å². The molecule has 3 rings (SSSR count). The number of benzene rings is 1. The Morgan fingerprint density at radius 1 is 1.26 bits per heavy atom. The molecule has 1 aromatic rings. The number of morpholine rings is 1. The molecule has 4 nitrogen and oxygen atoms in total. The van der Waals surface area contributed by atoms with Crippen LogP contribution in [-0.4, -0.2) is 46.2 Å². The maximum absolute atomic E-state index is 12.1. The summed E-state index contributed by atoms with van der Waals surface area (Å²) >= 11 is 0. The van der Waals surface area contributed by atoms with Crippen molar-refractivity contribution in [2.24, 2.45) is 0 Å². The van der Waals surface area contributed by atoms with E-state index in [0.29, 0.717) is 11.4 Å². The van der Waals surface area contributed by atoms with Gasteiger partial charge in [0.15, 0.2) is 0 Å². The van der Waals surface area contributed by atoms with Crippen LogP contribution in [0.1, 0.15) is 11.1 Å². The van der Waals surface area contributed by atoms with Gasteiger partial charge in [-0.05, 0) is 24.1 Å². The quantitative estimate of drug-likeness (QED) is 0.822. The first kappa shape index (κ1) is 12.8. The van der Waals surface area contributed by atoms with Gasteiger partial charge in [-0.2, -0.15) is 0 Å². The fourth-order valence-electron chi connectivity index (χ4n) is 2.72. The fourth-order valence-corrected chi connectivity index (χ4v) is 4.25. The summed E-state index contributed by atoms with van der Waals surface area (Å²) in [6, 6.07) is 5.46. The Kier molecular flexibility index (Phi) is 3.20. The first-order valence-corrected chi connectivity index (χ1v) is 7.98. The summed E-state index contributed by atoms with van der Waals surface area (Å²) in [5, 5.41) is 1.43. The molecule has 0 aromatic heterocycles. The lowest BCUT2D eigenvalue weighted by Crippen LogP contribution is -2.37. The van der Waals surface area contributed by atoms with Gasteiger partial charge in [0, 0.05) is 30.6 Å². The summed E-state index contributed by atoms with van der Waals surface area (Å²) in [6.45, 7) is 5.81. The predicted octanol–water partition coefficient (Wildman–Crippen LogP) is 1.46. The van der Waals surface area contributed by atoms with Crippen LogP contribution >= 0.6 is 0 Å². The van der Waals surface area contributed by atoms with Crippen molar-refractivity contribution in [2.75, 3.05) is 32.8 Å².